The number of aromatic nitrogens is 1. The summed E-state index contributed by atoms with van der Waals surface area (Å²) in [5.41, 5.74) is 6.82. The average Bonchev–Trinajstić information content (AvgIpc) is 2.77. The summed E-state index contributed by atoms with van der Waals surface area (Å²) in [6, 6.07) is 3.85. The topological polar surface area (TPSA) is 54.4 Å². The Balaban J connectivity index is 2.11. The van der Waals surface area contributed by atoms with E-state index in [1.165, 1.54) is 23.1 Å². The van der Waals surface area contributed by atoms with Crippen molar-refractivity contribution in [2.75, 3.05) is 0 Å². The number of thioether (sulfide) groups is 1. The van der Waals surface area contributed by atoms with E-state index in [-0.39, 0.29) is 10.5 Å². The molecule has 2 heterocycles. The number of fused-ring (bicyclic) bond motifs is 1. The second kappa shape index (κ2) is 4.53. The molecule has 2 aromatic rings. The summed E-state index contributed by atoms with van der Waals surface area (Å²) in [7, 11) is 0. The van der Waals surface area contributed by atoms with Crippen molar-refractivity contribution in [1.82, 2.24) is 10.4 Å². The summed E-state index contributed by atoms with van der Waals surface area (Å²) in [4.78, 5) is 15.4. The zero-order valence-electron chi connectivity index (χ0n) is 9.31. The highest BCUT2D eigenvalue weighted by molar-refractivity contribution is 8.14. The first-order chi connectivity index (χ1) is 8.65. The van der Waals surface area contributed by atoms with Gasteiger partial charge in [-0.2, -0.15) is 5.10 Å². The third-order valence-electron chi connectivity index (χ3n) is 2.62. The second-order valence-corrected chi connectivity index (χ2v) is 6.42. The molecule has 92 valence electrons. The van der Waals surface area contributed by atoms with Crippen LogP contribution in [0.4, 0.5) is 4.79 Å². The quantitative estimate of drug-likeness (QED) is 0.876. The summed E-state index contributed by atoms with van der Waals surface area (Å²) < 4.78 is 1.02. The van der Waals surface area contributed by atoms with Crippen LogP contribution in [0.2, 0.25) is 5.02 Å². The number of rotatable bonds is 1. The van der Waals surface area contributed by atoms with E-state index in [4.69, 9.17) is 11.6 Å². The van der Waals surface area contributed by atoms with Gasteiger partial charge in [-0.15, -0.1) is 11.3 Å². The van der Waals surface area contributed by atoms with E-state index < -0.39 is 0 Å². The van der Waals surface area contributed by atoms with Gasteiger partial charge in [0.25, 0.3) is 5.24 Å². The maximum Gasteiger partial charge on any atom is 0.299 e. The molecule has 0 radical (unpaired) electrons. The molecule has 0 aliphatic carbocycles. The van der Waals surface area contributed by atoms with E-state index in [0.717, 1.165) is 21.5 Å². The Morgan fingerprint density at radius 3 is 3.06 bits per heavy atom. The molecule has 1 aliphatic heterocycles. The number of hydrogen-bond acceptors (Lipinski definition) is 5. The zero-order chi connectivity index (χ0) is 12.7. The van der Waals surface area contributed by atoms with Crippen molar-refractivity contribution in [3.05, 3.63) is 28.2 Å². The van der Waals surface area contributed by atoms with Gasteiger partial charge < -0.3 is 0 Å². The fourth-order valence-corrected chi connectivity index (χ4v) is 3.60. The van der Waals surface area contributed by atoms with Crippen LogP contribution < -0.4 is 5.43 Å². The van der Waals surface area contributed by atoms with E-state index in [1.54, 1.807) is 5.51 Å². The summed E-state index contributed by atoms with van der Waals surface area (Å²) in [5.74, 6) is 0. The molecule has 1 unspecified atom stereocenters. The van der Waals surface area contributed by atoms with Crippen LogP contribution >= 0.6 is 34.7 Å². The van der Waals surface area contributed by atoms with Gasteiger partial charge in [0.05, 0.1) is 31.7 Å². The minimum absolute atomic E-state index is 0.0141. The number of hydrazone groups is 1. The molecule has 1 aromatic heterocycles. The average molecular weight is 298 g/mol. The van der Waals surface area contributed by atoms with Crippen LogP contribution in [0.15, 0.2) is 22.7 Å². The first-order valence-corrected chi connectivity index (χ1v) is 7.36. The summed E-state index contributed by atoms with van der Waals surface area (Å²) in [6.07, 6.45) is 0. The summed E-state index contributed by atoms with van der Waals surface area (Å²) >= 11 is 8.95. The number of carbonyl (C=O) groups excluding carboxylic acids is 1. The van der Waals surface area contributed by atoms with Crippen LogP contribution in [0.25, 0.3) is 10.2 Å². The van der Waals surface area contributed by atoms with Crippen molar-refractivity contribution in [2.45, 2.75) is 12.2 Å². The van der Waals surface area contributed by atoms with Gasteiger partial charge in [-0.25, -0.2) is 10.4 Å². The Hall–Kier alpha value is -1.11. The van der Waals surface area contributed by atoms with Crippen molar-refractivity contribution in [2.24, 2.45) is 5.10 Å². The fourth-order valence-electron chi connectivity index (χ4n) is 1.81. The molecule has 0 saturated heterocycles. The van der Waals surface area contributed by atoms with Gasteiger partial charge in [0.1, 0.15) is 0 Å². The third-order valence-corrected chi connectivity index (χ3v) is 4.57. The smallest absolute Gasteiger partial charge is 0.260 e. The monoisotopic (exact) mass is 297 g/mol. The second-order valence-electron chi connectivity index (χ2n) is 3.81. The van der Waals surface area contributed by atoms with Crippen LogP contribution in [0.5, 0.6) is 0 Å². The standard InChI is InChI=1S/C11H8ClN3OS2/c1-5-9(14-15-11(16)18-5)6-2-7(12)10-8(3-6)17-4-13-10/h2-5H,1H3,(H,15,16). The van der Waals surface area contributed by atoms with Crippen LogP contribution in [0.1, 0.15) is 12.5 Å². The molecule has 0 bridgehead atoms. The van der Waals surface area contributed by atoms with E-state index >= 15 is 0 Å². The van der Waals surface area contributed by atoms with E-state index in [9.17, 15) is 4.79 Å². The predicted octanol–water partition coefficient (Wildman–Crippen LogP) is 3.50. The Bertz CT molecular complexity index is 667. The lowest BCUT2D eigenvalue weighted by atomic mass is 10.1. The van der Waals surface area contributed by atoms with Gasteiger partial charge in [-0.3, -0.25) is 4.79 Å². The molecular weight excluding hydrogens is 290 g/mol. The van der Waals surface area contributed by atoms with E-state index in [0.29, 0.717) is 5.02 Å². The third kappa shape index (κ3) is 2.00. The molecule has 1 amide bonds. The Kier molecular flexibility index (Phi) is 3.01. The molecule has 1 N–H and O–H groups in total. The molecule has 18 heavy (non-hydrogen) atoms. The first-order valence-electron chi connectivity index (χ1n) is 5.22. The Labute approximate surface area is 116 Å². The first kappa shape index (κ1) is 12.0. The molecule has 1 aliphatic rings. The highest BCUT2D eigenvalue weighted by atomic mass is 35.5. The number of hydrogen-bond donors (Lipinski definition) is 1. The minimum Gasteiger partial charge on any atom is -0.260 e. The number of halogens is 1. The Morgan fingerprint density at radius 2 is 2.28 bits per heavy atom. The molecule has 3 rings (SSSR count). The van der Waals surface area contributed by atoms with E-state index in [1.807, 2.05) is 19.1 Å². The molecule has 0 saturated carbocycles. The van der Waals surface area contributed by atoms with Crippen molar-refractivity contribution in [3.8, 4) is 0 Å². The van der Waals surface area contributed by atoms with Gasteiger partial charge >= 0.3 is 0 Å². The van der Waals surface area contributed by atoms with Crippen LogP contribution in [-0.2, 0) is 0 Å². The molecule has 4 nitrogen and oxygen atoms in total. The van der Waals surface area contributed by atoms with E-state index in [2.05, 4.69) is 15.5 Å². The number of thiazole rings is 1. The van der Waals surface area contributed by atoms with Crippen LogP contribution in [-0.4, -0.2) is 21.2 Å². The van der Waals surface area contributed by atoms with Crippen molar-refractivity contribution >= 4 is 55.9 Å². The van der Waals surface area contributed by atoms with Crippen molar-refractivity contribution in [1.29, 1.82) is 0 Å². The summed E-state index contributed by atoms with van der Waals surface area (Å²) in [6.45, 7) is 1.95. The number of amides is 1. The molecule has 1 aromatic carbocycles. The largest absolute Gasteiger partial charge is 0.299 e. The number of nitrogens with zero attached hydrogens (tertiary/aromatic N) is 2. The van der Waals surface area contributed by atoms with Gasteiger partial charge in [0, 0.05) is 5.56 Å². The van der Waals surface area contributed by atoms with Crippen molar-refractivity contribution < 1.29 is 4.79 Å². The summed E-state index contributed by atoms with van der Waals surface area (Å²) in [5, 5.41) is 4.61. The van der Waals surface area contributed by atoms with Crippen molar-refractivity contribution in [3.63, 3.8) is 0 Å². The number of benzene rings is 1. The SMILES string of the molecule is CC1SC(=O)NN=C1c1cc(Cl)c2ncsc2c1. The van der Waals surface area contributed by atoms with Gasteiger partial charge in [0.15, 0.2) is 0 Å². The normalized spacial score (nSPS) is 19.8. The van der Waals surface area contributed by atoms with Gasteiger partial charge in [-0.05, 0) is 19.1 Å². The minimum atomic E-state index is -0.129. The fraction of sp³-hybridized carbons (Fsp3) is 0.182. The number of nitrogens with one attached hydrogen (secondary N) is 1. The lowest BCUT2D eigenvalue weighted by molar-refractivity contribution is 0.261. The maximum absolute atomic E-state index is 11.2. The van der Waals surface area contributed by atoms with Crippen LogP contribution in [0, 0.1) is 0 Å². The molecule has 7 heteroatoms. The molecular formula is C11H8ClN3OS2. The lowest BCUT2D eigenvalue weighted by Gasteiger charge is -2.18. The number of carbonyl (C=O) groups is 1. The highest BCUT2D eigenvalue weighted by Gasteiger charge is 2.23. The van der Waals surface area contributed by atoms with Gasteiger partial charge in [-0.1, -0.05) is 23.4 Å². The molecule has 0 spiro atoms. The molecule has 1 atom stereocenters. The molecule has 0 fully saturated rings. The lowest BCUT2D eigenvalue weighted by Crippen LogP contribution is -2.29. The van der Waals surface area contributed by atoms with Crippen LogP contribution in [0.3, 0.4) is 0 Å². The highest BCUT2D eigenvalue weighted by Crippen LogP contribution is 2.30. The predicted molar refractivity (Wildman–Crippen MR) is 76.8 cm³/mol. The maximum atomic E-state index is 11.2. The zero-order valence-corrected chi connectivity index (χ0v) is 11.7. The van der Waals surface area contributed by atoms with Gasteiger partial charge in [0.2, 0.25) is 0 Å². The Morgan fingerprint density at radius 1 is 1.44 bits per heavy atom.